The van der Waals surface area contributed by atoms with Crippen LogP contribution in [-0.4, -0.2) is 24.5 Å². The molecule has 0 aromatic carbocycles. The van der Waals surface area contributed by atoms with E-state index in [9.17, 15) is 0 Å². The number of aryl methyl sites for hydroxylation is 2. The molecule has 1 unspecified atom stereocenters. The van der Waals surface area contributed by atoms with E-state index < -0.39 is 0 Å². The molecule has 1 atom stereocenters. The molecule has 98 valence electrons. The number of rotatable bonds is 3. The number of nitrogens with two attached hydrogens (primary N) is 1. The molecule has 0 spiro atoms. The smallest absolute Gasteiger partial charge is 0.0244 e. The van der Waals surface area contributed by atoms with Gasteiger partial charge in [-0.05, 0) is 57.3 Å². The van der Waals surface area contributed by atoms with Gasteiger partial charge in [-0.2, -0.15) is 0 Å². The number of nitrogens with zero attached hydrogens (tertiary/aromatic N) is 1. The summed E-state index contributed by atoms with van der Waals surface area (Å²) in [5, 5.41) is 0. The maximum Gasteiger partial charge on any atom is 0.0244 e. The largest absolute Gasteiger partial charge is 0.330 e. The Morgan fingerprint density at radius 2 is 2.24 bits per heavy atom. The van der Waals surface area contributed by atoms with Gasteiger partial charge in [-0.3, -0.25) is 4.90 Å². The van der Waals surface area contributed by atoms with E-state index in [4.69, 9.17) is 5.73 Å². The van der Waals surface area contributed by atoms with Gasteiger partial charge in [-0.25, -0.2) is 0 Å². The third-order valence-electron chi connectivity index (χ3n) is 3.47. The zero-order valence-corrected chi connectivity index (χ0v) is 12.4. The monoisotopic (exact) mass is 274 g/mol. The van der Waals surface area contributed by atoms with Crippen molar-refractivity contribution in [3.8, 4) is 0 Å². The van der Waals surface area contributed by atoms with Gasteiger partial charge in [-0.15, -0.1) is 23.7 Å². The number of likely N-dealkylation sites (tertiary alicyclic amines) is 1. The summed E-state index contributed by atoms with van der Waals surface area (Å²) < 4.78 is 0. The van der Waals surface area contributed by atoms with E-state index in [1.54, 1.807) is 0 Å². The summed E-state index contributed by atoms with van der Waals surface area (Å²) in [6.07, 6.45) is 2.62. The molecule has 1 aromatic rings. The molecule has 2 heterocycles. The van der Waals surface area contributed by atoms with Crippen molar-refractivity contribution in [1.29, 1.82) is 0 Å². The Morgan fingerprint density at radius 1 is 1.47 bits per heavy atom. The molecule has 0 aliphatic carbocycles. The first-order valence-corrected chi connectivity index (χ1v) is 6.99. The molecular formula is C13H23ClN2S. The maximum atomic E-state index is 5.77. The Hall–Kier alpha value is -0.0900. The summed E-state index contributed by atoms with van der Waals surface area (Å²) in [6, 6.07) is 2.34. The minimum Gasteiger partial charge on any atom is -0.330 e. The van der Waals surface area contributed by atoms with Gasteiger partial charge in [0.05, 0.1) is 0 Å². The van der Waals surface area contributed by atoms with Crippen LogP contribution in [0.1, 0.15) is 28.2 Å². The minimum atomic E-state index is 0. The van der Waals surface area contributed by atoms with E-state index in [0.29, 0.717) is 5.92 Å². The van der Waals surface area contributed by atoms with Crippen molar-refractivity contribution in [2.75, 3.05) is 19.6 Å². The third kappa shape index (κ3) is 3.95. The molecular weight excluding hydrogens is 252 g/mol. The molecule has 0 amide bonds. The van der Waals surface area contributed by atoms with Gasteiger partial charge in [-0.1, -0.05) is 0 Å². The molecule has 1 aromatic heterocycles. The molecule has 4 heteroatoms. The molecule has 0 saturated carbocycles. The second kappa shape index (κ2) is 6.74. The van der Waals surface area contributed by atoms with Gasteiger partial charge in [0.25, 0.3) is 0 Å². The van der Waals surface area contributed by atoms with Crippen LogP contribution in [0.15, 0.2) is 6.07 Å². The fraction of sp³-hybridized carbons (Fsp3) is 0.692. The van der Waals surface area contributed by atoms with Crippen molar-refractivity contribution in [3.63, 3.8) is 0 Å². The molecule has 2 N–H and O–H groups in total. The van der Waals surface area contributed by atoms with Crippen LogP contribution in [0.25, 0.3) is 0 Å². The highest BCUT2D eigenvalue weighted by atomic mass is 35.5. The summed E-state index contributed by atoms with van der Waals surface area (Å²) >= 11 is 1.91. The molecule has 1 aliphatic heterocycles. The lowest BCUT2D eigenvalue weighted by molar-refractivity contribution is 0.171. The zero-order valence-electron chi connectivity index (χ0n) is 10.7. The van der Waals surface area contributed by atoms with Gasteiger partial charge < -0.3 is 5.73 Å². The average Bonchev–Trinajstić information content (AvgIpc) is 2.58. The van der Waals surface area contributed by atoms with Gasteiger partial charge in [0.2, 0.25) is 0 Å². The van der Waals surface area contributed by atoms with Crippen LogP contribution in [0.5, 0.6) is 0 Å². The Labute approximate surface area is 115 Å². The van der Waals surface area contributed by atoms with Crippen LogP contribution < -0.4 is 5.73 Å². The molecule has 2 rings (SSSR count). The summed E-state index contributed by atoms with van der Waals surface area (Å²) in [6.45, 7) is 8.82. The van der Waals surface area contributed by atoms with Crippen molar-refractivity contribution < 1.29 is 0 Å². The molecule has 1 fully saturated rings. The second-order valence-corrected chi connectivity index (χ2v) is 6.38. The number of thiophene rings is 1. The highest BCUT2D eigenvalue weighted by Gasteiger charge is 2.19. The standard InChI is InChI=1S/C13H22N2S.ClH/c1-10-6-13(11(2)16-10)9-15-5-3-4-12(7-14)8-15;/h6,12H,3-5,7-9,14H2,1-2H3;1H. The van der Waals surface area contributed by atoms with Crippen molar-refractivity contribution in [3.05, 3.63) is 21.4 Å². The number of halogens is 1. The highest BCUT2D eigenvalue weighted by molar-refractivity contribution is 7.12. The van der Waals surface area contributed by atoms with E-state index in [1.165, 1.54) is 41.2 Å². The number of hydrogen-bond donors (Lipinski definition) is 1. The van der Waals surface area contributed by atoms with Crippen LogP contribution >= 0.6 is 23.7 Å². The maximum absolute atomic E-state index is 5.77. The topological polar surface area (TPSA) is 29.3 Å². The predicted octanol–water partition coefficient (Wildman–Crippen LogP) is 2.96. The van der Waals surface area contributed by atoms with Crippen LogP contribution in [0.3, 0.4) is 0 Å². The first-order chi connectivity index (χ1) is 7.69. The fourth-order valence-corrected chi connectivity index (χ4v) is 3.51. The predicted molar refractivity (Wildman–Crippen MR) is 78.1 cm³/mol. The Bertz CT molecular complexity index is 351. The SMILES string of the molecule is Cc1cc(CN2CCCC(CN)C2)c(C)s1.Cl. The van der Waals surface area contributed by atoms with Gasteiger partial charge in [0, 0.05) is 22.8 Å². The Balaban J connectivity index is 0.00000144. The van der Waals surface area contributed by atoms with Gasteiger partial charge in [0.15, 0.2) is 0 Å². The molecule has 17 heavy (non-hydrogen) atoms. The first kappa shape index (κ1) is 15.0. The number of hydrogen-bond acceptors (Lipinski definition) is 3. The van der Waals surface area contributed by atoms with Crippen molar-refractivity contribution >= 4 is 23.7 Å². The van der Waals surface area contributed by atoms with Crippen LogP contribution in [0, 0.1) is 19.8 Å². The molecule has 1 saturated heterocycles. The molecule has 1 aliphatic rings. The third-order valence-corrected chi connectivity index (χ3v) is 4.48. The normalized spacial score (nSPS) is 21.2. The minimum absolute atomic E-state index is 0. The summed E-state index contributed by atoms with van der Waals surface area (Å²) in [5.41, 5.74) is 7.28. The van der Waals surface area contributed by atoms with Gasteiger partial charge in [0.1, 0.15) is 0 Å². The second-order valence-electron chi connectivity index (χ2n) is 4.92. The van der Waals surface area contributed by atoms with Crippen molar-refractivity contribution in [1.82, 2.24) is 4.90 Å². The Kier molecular flexibility index (Phi) is 5.93. The van der Waals surface area contributed by atoms with Crippen LogP contribution in [0.4, 0.5) is 0 Å². The van der Waals surface area contributed by atoms with Crippen LogP contribution in [-0.2, 0) is 6.54 Å². The van der Waals surface area contributed by atoms with E-state index in [0.717, 1.165) is 13.1 Å². The molecule has 0 bridgehead atoms. The molecule has 2 nitrogen and oxygen atoms in total. The average molecular weight is 275 g/mol. The summed E-state index contributed by atoms with van der Waals surface area (Å²) in [4.78, 5) is 5.47. The lowest BCUT2D eigenvalue weighted by atomic mass is 9.98. The highest BCUT2D eigenvalue weighted by Crippen LogP contribution is 2.24. The number of piperidine rings is 1. The van der Waals surface area contributed by atoms with Crippen LogP contribution in [0.2, 0.25) is 0 Å². The van der Waals surface area contributed by atoms with Gasteiger partial charge >= 0.3 is 0 Å². The first-order valence-electron chi connectivity index (χ1n) is 6.17. The zero-order chi connectivity index (χ0) is 11.5. The summed E-state index contributed by atoms with van der Waals surface area (Å²) in [7, 11) is 0. The van der Waals surface area contributed by atoms with Crippen molar-refractivity contribution in [2.24, 2.45) is 11.7 Å². The van der Waals surface area contributed by atoms with E-state index in [2.05, 4.69) is 24.8 Å². The fourth-order valence-electron chi connectivity index (χ4n) is 2.57. The summed E-state index contributed by atoms with van der Waals surface area (Å²) in [5.74, 6) is 0.716. The van der Waals surface area contributed by atoms with E-state index >= 15 is 0 Å². The van der Waals surface area contributed by atoms with E-state index in [-0.39, 0.29) is 12.4 Å². The lowest BCUT2D eigenvalue weighted by Gasteiger charge is -2.32. The van der Waals surface area contributed by atoms with E-state index in [1.807, 2.05) is 11.3 Å². The quantitative estimate of drug-likeness (QED) is 0.918. The lowest BCUT2D eigenvalue weighted by Crippen LogP contribution is -2.37. The van der Waals surface area contributed by atoms with Crippen molar-refractivity contribution in [2.45, 2.75) is 33.2 Å². The molecule has 0 radical (unpaired) electrons. The Morgan fingerprint density at radius 3 is 2.82 bits per heavy atom.